The lowest BCUT2D eigenvalue weighted by Crippen LogP contribution is -1.89. The Hall–Kier alpha value is -1.37. The summed E-state index contributed by atoms with van der Waals surface area (Å²) >= 11 is 2.78. The van der Waals surface area contributed by atoms with E-state index >= 15 is 0 Å². The number of hydrogen-bond donors (Lipinski definition) is 1. The molecule has 0 amide bonds. The molecule has 1 aromatic heterocycles. The zero-order valence-electron chi connectivity index (χ0n) is 8.70. The van der Waals surface area contributed by atoms with Crippen molar-refractivity contribution in [2.24, 2.45) is 0 Å². The molecule has 17 heavy (non-hydrogen) atoms. The standard InChI is InChI=1S/C11H9NO3S2/c13-7-8-5-6-11(16-8)17-10-4-2-1-3-9(10)12(14)15/h1-6,13H,7H2. The van der Waals surface area contributed by atoms with E-state index in [0.29, 0.717) is 4.90 Å². The van der Waals surface area contributed by atoms with Crippen molar-refractivity contribution < 1.29 is 10.0 Å². The van der Waals surface area contributed by atoms with E-state index in [1.165, 1.54) is 29.2 Å². The second-order valence-electron chi connectivity index (χ2n) is 3.21. The van der Waals surface area contributed by atoms with Gasteiger partial charge >= 0.3 is 0 Å². The Labute approximate surface area is 106 Å². The van der Waals surface area contributed by atoms with E-state index in [1.807, 2.05) is 12.1 Å². The molecule has 0 aliphatic carbocycles. The van der Waals surface area contributed by atoms with Crippen LogP contribution >= 0.6 is 23.1 Å². The van der Waals surface area contributed by atoms with E-state index in [2.05, 4.69) is 0 Å². The van der Waals surface area contributed by atoms with Gasteiger partial charge in [-0.15, -0.1) is 11.3 Å². The molecule has 1 N–H and O–H groups in total. The summed E-state index contributed by atoms with van der Waals surface area (Å²) in [7, 11) is 0. The summed E-state index contributed by atoms with van der Waals surface area (Å²) in [5.74, 6) is 0. The van der Waals surface area contributed by atoms with Gasteiger partial charge in [0.1, 0.15) is 0 Å². The van der Waals surface area contributed by atoms with Crippen LogP contribution in [-0.4, -0.2) is 10.0 Å². The van der Waals surface area contributed by atoms with E-state index in [9.17, 15) is 10.1 Å². The van der Waals surface area contributed by atoms with Gasteiger partial charge in [-0.05, 0) is 18.2 Å². The molecule has 0 unspecified atom stereocenters. The van der Waals surface area contributed by atoms with Crippen LogP contribution in [0.15, 0.2) is 45.5 Å². The van der Waals surface area contributed by atoms with E-state index in [4.69, 9.17) is 5.11 Å². The number of aliphatic hydroxyl groups excluding tert-OH is 1. The molecule has 4 nitrogen and oxygen atoms in total. The van der Waals surface area contributed by atoms with Crippen molar-refractivity contribution in [2.75, 3.05) is 0 Å². The highest BCUT2D eigenvalue weighted by molar-refractivity contribution is 8.01. The molecule has 2 aromatic rings. The smallest absolute Gasteiger partial charge is 0.283 e. The van der Waals surface area contributed by atoms with Crippen molar-refractivity contribution >= 4 is 28.8 Å². The second kappa shape index (κ2) is 5.31. The third-order valence-corrected chi connectivity index (χ3v) is 4.33. The number of nitro groups is 1. The Balaban J connectivity index is 2.26. The Morgan fingerprint density at radius 2 is 2.06 bits per heavy atom. The number of benzene rings is 1. The molecule has 0 aliphatic heterocycles. The summed E-state index contributed by atoms with van der Waals surface area (Å²) in [6, 6.07) is 10.3. The SMILES string of the molecule is O=[N+]([O-])c1ccccc1Sc1ccc(CO)s1. The first-order valence-corrected chi connectivity index (χ1v) is 6.45. The quantitative estimate of drug-likeness (QED) is 0.682. The Kier molecular flexibility index (Phi) is 3.78. The molecule has 1 aromatic carbocycles. The van der Waals surface area contributed by atoms with Crippen LogP contribution in [0.5, 0.6) is 0 Å². The highest BCUT2D eigenvalue weighted by atomic mass is 32.2. The lowest BCUT2D eigenvalue weighted by Gasteiger charge is -1.99. The fourth-order valence-electron chi connectivity index (χ4n) is 1.30. The molecular weight excluding hydrogens is 258 g/mol. The summed E-state index contributed by atoms with van der Waals surface area (Å²) in [5.41, 5.74) is 0.108. The van der Waals surface area contributed by atoms with Crippen LogP contribution < -0.4 is 0 Å². The first-order valence-electron chi connectivity index (χ1n) is 4.81. The minimum Gasteiger partial charge on any atom is -0.391 e. The van der Waals surface area contributed by atoms with Crippen LogP contribution in [0.1, 0.15) is 4.88 Å². The number of para-hydroxylation sites is 1. The van der Waals surface area contributed by atoms with Crippen molar-refractivity contribution in [1.29, 1.82) is 0 Å². The largest absolute Gasteiger partial charge is 0.391 e. The van der Waals surface area contributed by atoms with Crippen molar-refractivity contribution in [2.45, 2.75) is 15.7 Å². The molecule has 1 heterocycles. The summed E-state index contributed by atoms with van der Waals surface area (Å²) in [4.78, 5) is 11.9. The third kappa shape index (κ3) is 2.85. The van der Waals surface area contributed by atoms with E-state index < -0.39 is 0 Å². The number of hydrogen-bond acceptors (Lipinski definition) is 5. The maximum Gasteiger partial charge on any atom is 0.283 e. The van der Waals surface area contributed by atoms with Gasteiger partial charge in [0.25, 0.3) is 5.69 Å². The van der Waals surface area contributed by atoms with Crippen LogP contribution in [0.3, 0.4) is 0 Å². The second-order valence-corrected chi connectivity index (χ2v) is 5.72. The normalized spacial score (nSPS) is 10.4. The predicted molar refractivity (Wildman–Crippen MR) is 67.5 cm³/mol. The van der Waals surface area contributed by atoms with Crippen LogP contribution in [0, 0.1) is 10.1 Å². The number of thiophene rings is 1. The molecule has 2 rings (SSSR count). The van der Waals surface area contributed by atoms with Gasteiger partial charge in [-0.1, -0.05) is 23.9 Å². The Morgan fingerprint density at radius 3 is 2.71 bits per heavy atom. The van der Waals surface area contributed by atoms with E-state index in [0.717, 1.165) is 9.09 Å². The lowest BCUT2D eigenvalue weighted by molar-refractivity contribution is -0.387. The van der Waals surface area contributed by atoms with Crippen LogP contribution in [-0.2, 0) is 6.61 Å². The van der Waals surface area contributed by atoms with Gasteiger partial charge in [0.05, 0.1) is 20.6 Å². The van der Waals surface area contributed by atoms with Crippen molar-refractivity contribution in [3.63, 3.8) is 0 Å². The monoisotopic (exact) mass is 267 g/mol. The number of nitro benzene ring substituents is 1. The molecule has 0 atom stereocenters. The van der Waals surface area contributed by atoms with Gasteiger partial charge in [0, 0.05) is 10.9 Å². The zero-order valence-corrected chi connectivity index (χ0v) is 10.3. The Morgan fingerprint density at radius 1 is 1.29 bits per heavy atom. The van der Waals surface area contributed by atoms with Crippen molar-refractivity contribution in [1.82, 2.24) is 0 Å². The van der Waals surface area contributed by atoms with Gasteiger partial charge in [-0.25, -0.2) is 0 Å². The third-order valence-electron chi connectivity index (χ3n) is 2.07. The van der Waals surface area contributed by atoms with E-state index in [1.54, 1.807) is 18.2 Å². The highest BCUT2D eigenvalue weighted by Crippen LogP contribution is 2.37. The fourth-order valence-corrected chi connectivity index (χ4v) is 3.40. The van der Waals surface area contributed by atoms with Crippen molar-refractivity contribution in [3.05, 3.63) is 51.4 Å². The average Bonchev–Trinajstić information content (AvgIpc) is 2.77. The molecule has 0 fully saturated rings. The molecule has 0 bridgehead atoms. The van der Waals surface area contributed by atoms with Crippen LogP contribution in [0.2, 0.25) is 0 Å². The number of rotatable bonds is 4. The maximum absolute atomic E-state index is 10.8. The average molecular weight is 267 g/mol. The summed E-state index contributed by atoms with van der Waals surface area (Å²) in [6.07, 6.45) is 0. The molecular formula is C11H9NO3S2. The van der Waals surface area contributed by atoms with Gasteiger partial charge in [-0.2, -0.15) is 0 Å². The first-order chi connectivity index (χ1) is 8.20. The Bertz CT molecular complexity index is 539. The molecule has 88 valence electrons. The highest BCUT2D eigenvalue weighted by Gasteiger charge is 2.14. The molecule has 6 heteroatoms. The van der Waals surface area contributed by atoms with Gasteiger partial charge in [0.2, 0.25) is 0 Å². The van der Waals surface area contributed by atoms with Gasteiger partial charge in [0.15, 0.2) is 0 Å². The topological polar surface area (TPSA) is 63.4 Å². The minimum absolute atomic E-state index is 0.00209. The predicted octanol–water partition coefficient (Wildman–Crippen LogP) is 3.30. The van der Waals surface area contributed by atoms with E-state index in [-0.39, 0.29) is 17.2 Å². The fraction of sp³-hybridized carbons (Fsp3) is 0.0909. The lowest BCUT2D eigenvalue weighted by atomic mass is 10.3. The number of nitrogens with zero attached hydrogens (tertiary/aromatic N) is 1. The molecule has 0 saturated heterocycles. The molecule has 0 radical (unpaired) electrons. The zero-order chi connectivity index (χ0) is 12.3. The van der Waals surface area contributed by atoms with Crippen LogP contribution in [0.4, 0.5) is 5.69 Å². The van der Waals surface area contributed by atoms with Crippen LogP contribution in [0.25, 0.3) is 0 Å². The summed E-state index contributed by atoms with van der Waals surface area (Å²) < 4.78 is 0.934. The molecule has 0 aliphatic rings. The van der Waals surface area contributed by atoms with Gasteiger partial charge < -0.3 is 5.11 Å². The molecule has 0 saturated carbocycles. The number of aliphatic hydroxyl groups is 1. The summed E-state index contributed by atoms with van der Waals surface area (Å²) in [6.45, 7) is 0.00209. The van der Waals surface area contributed by atoms with Crippen molar-refractivity contribution in [3.8, 4) is 0 Å². The molecule has 0 spiro atoms. The van der Waals surface area contributed by atoms with Gasteiger partial charge in [-0.3, -0.25) is 10.1 Å². The minimum atomic E-state index is -0.386. The maximum atomic E-state index is 10.8. The first kappa shape index (κ1) is 12.1. The summed E-state index contributed by atoms with van der Waals surface area (Å²) in [5, 5.41) is 19.8.